The van der Waals surface area contributed by atoms with Crippen LogP contribution >= 0.6 is 23.2 Å². The van der Waals surface area contributed by atoms with E-state index < -0.39 is 10.4 Å². The molecule has 0 radical (unpaired) electrons. The van der Waals surface area contributed by atoms with E-state index >= 15 is 0 Å². The van der Waals surface area contributed by atoms with Gasteiger partial charge in [-0.2, -0.15) is 19.3 Å². The summed E-state index contributed by atoms with van der Waals surface area (Å²) in [5.74, 6) is 0.257. The number of nitrogens with two attached hydrogens (primary N) is 1. The van der Waals surface area contributed by atoms with Crippen LogP contribution in [0, 0.1) is 0 Å². The highest BCUT2D eigenvalue weighted by atomic mass is 35.5. The van der Waals surface area contributed by atoms with Gasteiger partial charge < -0.3 is 20.5 Å². The first-order chi connectivity index (χ1) is 10.3. The zero-order valence-corrected chi connectivity index (χ0v) is 13.1. The Bertz CT molecular complexity index is 681. The second-order valence-electron chi connectivity index (χ2n) is 4.03. The molecule has 118 valence electrons. The van der Waals surface area contributed by atoms with Gasteiger partial charge in [0.1, 0.15) is 11.5 Å². The number of hydrogen-bond donors (Lipinski definition) is 2. The van der Waals surface area contributed by atoms with E-state index in [0.717, 1.165) is 0 Å². The maximum Gasteiger partial charge on any atom is 0.317 e. The van der Waals surface area contributed by atoms with E-state index in [-0.39, 0.29) is 11.9 Å². The van der Waals surface area contributed by atoms with Crippen LogP contribution in [0.1, 0.15) is 5.82 Å². The zero-order chi connectivity index (χ0) is 16.3. The summed E-state index contributed by atoms with van der Waals surface area (Å²) in [7, 11) is 3.01. The Labute approximate surface area is 135 Å². The number of halogens is 3. The molecule has 0 aliphatic carbocycles. The van der Waals surface area contributed by atoms with Crippen molar-refractivity contribution in [2.24, 2.45) is 0 Å². The van der Waals surface area contributed by atoms with Gasteiger partial charge in [-0.25, -0.2) is 0 Å². The van der Waals surface area contributed by atoms with Crippen molar-refractivity contribution in [3.63, 3.8) is 0 Å². The van der Waals surface area contributed by atoms with Crippen molar-refractivity contribution >= 4 is 40.8 Å². The fraction of sp³-hybridized carbons (Fsp3) is 0.250. The molecule has 10 heteroatoms. The molecular formula is C12H12Cl2FN5O2. The van der Waals surface area contributed by atoms with E-state index in [9.17, 15) is 4.39 Å². The monoisotopic (exact) mass is 347 g/mol. The number of anilines is 3. The predicted octanol–water partition coefficient (Wildman–Crippen LogP) is 2.77. The molecule has 0 aliphatic rings. The van der Waals surface area contributed by atoms with E-state index in [1.54, 1.807) is 18.2 Å². The van der Waals surface area contributed by atoms with Crippen LogP contribution in [0.4, 0.5) is 22.0 Å². The first-order valence-corrected chi connectivity index (χ1v) is 6.67. The minimum absolute atomic E-state index is 0.0441. The Kier molecular flexibility index (Phi) is 4.72. The number of nitrogen functional groups attached to an aromatic ring is 1. The summed E-state index contributed by atoms with van der Waals surface area (Å²) in [5.41, 5.74) is 5.97. The number of nitrogens with one attached hydrogen (secondary N) is 1. The highest BCUT2D eigenvalue weighted by Gasteiger charge is 2.30. The minimum atomic E-state index is -2.79. The van der Waals surface area contributed by atoms with Gasteiger partial charge in [0, 0.05) is 6.07 Å². The molecule has 0 unspecified atom stereocenters. The predicted molar refractivity (Wildman–Crippen MR) is 81.6 cm³/mol. The van der Waals surface area contributed by atoms with Gasteiger partial charge in [0.2, 0.25) is 17.7 Å². The third-order valence-electron chi connectivity index (χ3n) is 2.56. The number of hydrogen-bond acceptors (Lipinski definition) is 7. The summed E-state index contributed by atoms with van der Waals surface area (Å²) in [6.45, 7) is 0. The Morgan fingerprint density at radius 1 is 1.18 bits per heavy atom. The van der Waals surface area contributed by atoms with Gasteiger partial charge in [0.15, 0.2) is 0 Å². The molecule has 0 aliphatic heterocycles. The standard InChI is InChI=1S/C12H12Cl2FN5O2/c1-21-6-3-4-8(22-2)7(5-6)17-11-19-9(12(13,14)15)18-10(16)20-11/h3-5H,1-2H3,(H3,16,17,18,19,20). The molecule has 0 spiro atoms. The summed E-state index contributed by atoms with van der Waals surface area (Å²) in [5, 5.41) is 2.82. The van der Waals surface area contributed by atoms with E-state index in [0.29, 0.717) is 17.2 Å². The summed E-state index contributed by atoms with van der Waals surface area (Å²) >= 11 is 10.7. The Hall–Kier alpha value is -2.06. The molecule has 0 atom stereocenters. The topological polar surface area (TPSA) is 95.2 Å². The number of aromatic nitrogens is 3. The second-order valence-corrected chi connectivity index (χ2v) is 5.26. The molecule has 1 aromatic carbocycles. The maximum absolute atomic E-state index is 13.5. The number of ether oxygens (including phenoxy) is 2. The van der Waals surface area contributed by atoms with Crippen molar-refractivity contribution in [1.82, 2.24) is 15.0 Å². The number of methoxy groups -OCH3 is 2. The quantitative estimate of drug-likeness (QED) is 0.802. The lowest BCUT2D eigenvalue weighted by atomic mass is 10.2. The molecule has 0 amide bonds. The molecule has 0 saturated heterocycles. The number of benzene rings is 1. The SMILES string of the molecule is COc1ccc(OC)c(Nc2nc(N)nc(C(F)(Cl)Cl)n2)c1. The van der Waals surface area contributed by atoms with Crippen LogP contribution in [0.15, 0.2) is 18.2 Å². The largest absolute Gasteiger partial charge is 0.497 e. The first kappa shape index (κ1) is 16.3. The van der Waals surface area contributed by atoms with Crippen molar-refractivity contribution < 1.29 is 13.9 Å². The van der Waals surface area contributed by atoms with E-state index in [1.165, 1.54) is 14.2 Å². The summed E-state index contributed by atoms with van der Waals surface area (Å²) in [6, 6.07) is 5.03. The lowest BCUT2D eigenvalue weighted by Crippen LogP contribution is -2.14. The van der Waals surface area contributed by atoms with Crippen molar-refractivity contribution in [2.45, 2.75) is 4.59 Å². The number of nitrogens with zero attached hydrogens (tertiary/aromatic N) is 3. The molecular weight excluding hydrogens is 336 g/mol. The van der Waals surface area contributed by atoms with E-state index in [1.807, 2.05) is 0 Å². The van der Waals surface area contributed by atoms with Crippen molar-refractivity contribution in [1.29, 1.82) is 0 Å². The second kappa shape index (κ2) is 6.37. The van der Waals surface area contributed by atoms with Crippen LogP contribution in [0.3, 0.4) is 0 Å². The van der Waals surface area contributed by atoms with Gasteiger partial charge in [-0.05, 0) is 12.1 Å². The van der Waals surface area contributed by atoms with Crippen LogP contribution in [-0.2, 0) is 4.59 Å². The van der Waals surface area contributed by atoms with Gasteiger partial charge in [0.25, 0.3) is 0 Å². The van der Waals surface area contributed by atoms with Gasteiger partial charge >= 0.3 is 4.59 Å². The van der Waals surface area contributed by atoms with E-state index in [4.69, 9.17) is 38.4 Å². The maximum atomic E-state index is 13.5. The minimum Gasteiger partial charge on any atom is -0.497 e. The molecule has 1 aromatic heterocycles. The van der Waals surface area contributed by atoms with Crippen LogP contribution in [0.2, 0.25) is 0 Å². The summed E-state index contributed by atoms with van der Waals surface area (Å²) in [4.78, 5) is 11.2. The average Bonchev–Trinajstić information content (AvgIpc) is 2.45. The van der Waals surface area contributed by atoms with Crippen LogP contribution in [0.25, 0.3) is 0 Å². The molecule has 2 rings (SSSR count). The molecule has 0 bridgehead atoms. The fourth-order valence-electron chi connectivity index (χ4n) is 1.61. The lowest BCUT2D eigenvalue weighted by Gasteiger charge is -2.13. The molecule has 7 nitrogen and oxygen atoms in total. The smallest absolute Gasteiger partial charge is 0.317 e. The highest BCUT2D eigenvalue weighted by molar-refractivity contribution is 6.46. The third-order valence-corrected chi connectivity index (χ3v) is 2.90. The van der Waals surface area contributed by atoms with Crippen LogP contribution in [-0.4, -0.2) is 29.2 Å². The van der Waals surface area contributed by atoms with Crippen molar-refractivity contribution in [3.05, 3.63) is 24.0 Å². The molecule has 1 heterocycles. The normalized spacial score (nSPS) is 11.1. The lowest BCUT2D eigenvalue weighted by molar-refractivity contribution is 0.386. The highest BCUT2D eigenvalue weighted by Crippen LogP contribution is 2.34. The third kappa shape index (κ3) is 3.77. The van der Waals surface area contributed by atoms with Crippen molar-refractivity contribution in [3.8, 4) is 11.5 Å². The van der Waals surface area contributed by atoms with Gasteiger partial charge in [-0.15, -0.1) is 0 Å². The van der Waals surface area contributed by atoms with Crippen molar-refractivity contribution in [2.75, 3.05) is 25.3 Å². The van der Waals surface area contributed by atoms with Crippen LogP contribution in [0.5, 0.6) is 11.5 Å². The number of rotatable bonds is 5. The summed E-state index contributed by atoms with van der Waals surface area (Å²) < 4.78 is 21.1. The zero-order valence-electron chi connectivity index (χ0n) is 11.6. The molecule has 0 saturated carbocycles. The Balaban J connectivity index is 2.40. The average molecular weight is 348 g/mol. The number of alkyl halides is 3. The van der Waals surface area contributed by atoms with Crippen LogP contribution < -0.4 is 20.5 Å². The molecule has 2 aromatic rings. The molecule has 22 heavy (non-hydrogen) atoms. The molecule has 3 N–H and O–H groups in total. The summed E-state index contributed by atoms with van der Waals surface area (Å²) in [6.07, 6.45) is 0. The fourth-order valence-corrected chi connectivity index (χ4v) is 1.78. The van der Waals surface area contributed by atoms with E-state index in [2.05, 4.69) is 20.3 Å². The van der Waals surface area contributed by atoms with Gasteiger partial charge in [-0.1, -0.05) is 23.2 Å². The Morgan fingerprint density at radius 3 is 2.50 bits per heavy atom. The molecule has 0 fully saturated rings. The van der Waals surface area contributed by atoms with Gasteiger partial charge in [0.05, 0.1) is 19.9 Å². The van der Waals surface area contributed by atoms with Gasteiger partial charge in [-0.3, -0.25) is 0 Å². The first-order valence-electron chi connectivity index (χ1n) is 5.91. The Morgan fingerprint density at radius 2 is 1.91 bits per heavy atom.